The molecule has 0 saturated carbocycles. The van der Waals surface area contributed by atoms with Crippen LogP contribution in [0.5, 0.6) is 5.88 Å². The van der Waals surface area contributed by atoms with E-state index in [1.54, 1.807) is 12.3 Å². The monoisotopic (exact) mass is 454 g/mol. The van der Waals surface area contributed by atoms with Crippen LogP contribution in [-0.2, 0) is 18.3 Å². The summed E-state index contributed by atoms with van der Waals surface area (Å²) in [7, 11) is 1.96. The summed E-state index contributed by atoms with van der Waals surface area (Å²) in [5, 5.41) is 14.4. The molecule has 32 heavy (non-hydrogen) atoms. The van der Waals surface area contributed by atoms with E-state index in [-0.39, 0.29) is 12.5 Å². The zero-order valence-corrected chi connectivity index (χ0v) is 18.8. The fourth-order valence-corrected chi connectivity index (χ4v) is 3.84. The second-order valence-corrected chi connectivity index (χ2v) is 8.22. The number of hydrogen-bond donors (Lipinski definition) is 1. The first-order chi connectivity index (χ1) is 15.3. The van der Waals surface area contributed by atoms with Gasteiger partial charge < -0.3 is 18.9 Å². The van der Waals surface area contributed by atoms with Crippen molar-refractivity contribution >= 4 is 28.5 Å². The zero-order valence-electron chi connectivity index (χ0n) is 18.0. The first kappa shape index (κ1) is 21.8. The van der Waals surface area contributed by atoms with E-state index < -0.39 is 5.97 Å². The third-order valence-electron chi connectivity index (χ3n) is 5.02. The number of pyridine rings is 1. The van der Waals surface area contributed by atoms with Crippen LogP contribution in [0, 0.1) is 0 Å². The molecule has 9 heteroatoms. The standard InChI is InChI=1S/C23H23ClN4O4/c1-13(2)31-23-18(24)11-15(12-25-23)22-26-21(27-32-22)17-8-7-14(5-4-6-19(29)30)20-16(17)9-10-28(20)3/h7-13H,4-6H2,1-3H3,(H,29,30). The van der Waals surface area contributed by atoms with Crippen molar-refractivity contribution in [2.75, 3.05) is 0 Å². The lowest BCUT2D eigenvalue weighted by molar-refractivity contribution is -0.137. The molecule has 0 atom stereocenters. The Kier molecular flexibility index (Phi) is 6.14. The molecule has 4 rings (SSSR count). The van der Waals surface area contributed by atoms with Crippen molar-refractivity contribution in [2.24, 2.45) is 7.05 Å². The Morgan fingerprint density at radius 2 is 2.12 bits per heavy atom. The van der Waals surface area contributed by atoms with Crippen LogP contribution in [0.15, 0.2) is 41.2 Å². The van der Waals surface area contributed by atoms with Crippen LogP contribution in [0.4, 0.5) is 0 Å². The van der Waals surface area contributed by atoms with Crippen molar-refractivity contribution in [3.05, 3.63) is 47.2 Å². The molecule has 4 aromatic rings. The maximum absolute atomic E-state index is 10.9. The van der Waals surface area contributed by atoms with E-state index in [0.29, 0.717) is 41.0 Å². The van der Waals surface area contributed by atoms with Gasteiger partial charge in [-0.1, -0.05) is 28.9 Å². The number of hydrogen-bond acceptors (Lipinski definition) is 6. The number of carboxylic acids is 1. The van der Waals surface area contributed by atoms with E-state index in [4.69, 9.17) is 26.0 Å². The number of benzene rings is 1. The Bertz CT molecular complexity index is 1280. The molecule has 0 amide bonds. The van der Waals surface area contributed by atoms with Gasteiger partial charge in [0.15, 0.2) is 0 Å². The molecule has 8 nitrogen and oxygen atoms in total. The molecule has 3 aromatic heterocycles. The van der Waals surface area contributed by atoms with Crippen LogP contribution in [0.2, 0.25) is 5.02 Å². The van der Waals surface area contributed by atoms with Crippen molar-refractivity contribution in [3.63, 3.8) is 0 Å². The van der Waals surface area contributed by atoms with E-state index in [9.17, 15) is 4.79 Å². The van der Waals surface area contributed by atoms with Gasteiger partial charge in [0, 0.05) is 36.8 Å². The molecule has 0 aliphatic heterocycles. The smallest absolute Gasteiger partial charge is 0.303 e. The fraction of sp³-hybridized carbons (Fsp3) is 0.304. The van der Waals surface area contributed by atoms with Crippen LogP contribution in [0.3, 0.4) is 0 Å². The highest BCUT2D eigenvalue weighted by molar-refractivity contribution is 6.32. The van der Waals surface area contributed by atoms with Gasteiger partial charge in [-0.2, -0.15) is 4.98 Å². The second-order valence-electron chi connectivity index (χ2n) is 7.81. The molecule has 0 spiro atoms. The molecule has 0 aliphatic carbocycles. The highest BCUT2D eigenvalue weighted by atomic mass is 35.5. The number of aryl methyl sites for hydroxylation is 2. The normalized spacial score (nSPS) is 11.4. The number of rotatable bonds is 8. The molecule has 3 heterocycles. The van der Waals surface area contributed by atoms with Crippen molar-refractivity contribution < 1.29 is 19.2 Å². The minimum absolute atomic E-state index is 0.0405. The van der Waals surface area contributed by atoms with Crippen LogP contribution >= 0.6 is 11.6 Å². The van der Waals surface area contributed by atoms with Crippen molar-refractivity contribution in [1.82, 2.24) is 19.7 Å². The SMILES string of the molecule is CC(C)Oc1ncc(-c2nc(-c3ccc(CCCC(=O)O)c4c3ccn4C)no2)cc1Cl. The van der Waals surface area contributed by atoms with Gasteiger partial charge in [-0.25, -0.2) is 4.98 Å². The third-order valence-corrected chi connectivity index (χ3v) is 5.29. The largest absolute Gasteiger partial charge is 0.481 e. The highest BCUT2D eigenvalue weighted by Crippen LogP contribution is 2.33. The first-order valence-corrected chi connectivity index (χ1v) is 10.7. The average Bonchev–Trinajstić information content (AvgIpc) is 3.37. The van der Waals surface area contributed by atoms with Gasteiger partial charge in [0.1, 0.15) is 5.02 Å². The lowest BCUT2D eigenvalue weighted by atomic mass is 10.0. The van der Waals surface area contributed by atoms with Crippen LogP contribution < -0.4 is 4.74 Å². The summed E-state index contributed by atoms with van der Waals surface area (Å²) in [5.74, 6) is 0.323. The molecule has 0 fully saturated rings. The Morgan fingerprint density at radius 1 is 1.31 bits per heavy atom. The number of carbonyl (C=O) groups is 1. The number of ether oxygens (including phenoxy) is 1. The molecule has 0 aliphatic rings. The van der Waals surface area contributed by atoms with Gasteiger partial charge in [0.05, 0.1) is 17.2 Å². The van der Waals surface area contributed by atoms with Crippen molar-refractivity contribution in [1.29, 1.82) is 0 Å². The molecule has 0 radical (unpaired) electrons. The molecule has 0 saturated heterocycles. The summed E-state index contributed by atoms with van der Waals surface area (Å²) in [4.78, 5) is 19.7. The number of nitrogens with zero attached hydrogens (tertiary/aromatic N) is 4. The Labute approximate surface area is 189 Å². The molecule has 0 bridgehead atoms. The minimum atomic E-state index is -0.789. The van der Waals surface area contributed by atoms with Gasteiger partial charge in [0.25, 0.3) is 5.89 Å². The molecular weight excluding hydrogens is 432 g/mol. The Hall–Kier alpha value is -3.39. The van der Waals surface area contributed by atoms with E-state index in [1.165, 1.54) is 0 Å². The quantitative estimate of drug-likeness (QED) is 0.393. The number of fused-ring (bicyclic) bond motifs is 1. The topological polar surface area (TPSA) is 103 Å². The first-order valence-electron chi connectivity index (χ1n) is 10.3. The van der Waals surface area contributed by atoms with Gasteiger partial charge in [-0.05, 0) is 44.4 Å². The zero-order chi connectivity index (χ0) is 22.8. The minimum Gasteiger partial charge on any atom is -0.481 e. The van der Waals surface area contributed by atoms with Crippen LogP contribution in [-0.4, -0.2) is 36.9 Å². The van der Waals surface area contributed by atoms with E-state index in [2.05, 4.69) is 15.1 Å². The fourth-order valence-electron chi connectivity index (χ4n) is 3.63. The number of halogens is 1. The van der Waals surface area contributed by atoms with Gasteiger partial charge >= 0.3 is 5.97 Å². The van der Waals surface area contributed by atoms with E-state index in [1.807, 2.05) is 49.9 Å². The lowest BCUT2D eigenvalue weighted by Crippen LogP contribution is -2.07. The summed E-state index contributed by atoms with van der Waals surface area (Å²) in [5.41, 5.74) is 3.54. The molecule has 166 valence electrons. The van der Waals surface area contributed by atoms with Gasteiger partial charge in [-0.15, -0.1) is 0 Å². The molecule has 1 aromatic carbocycles. The second kappa shape index (κ2) is 9.00. The number of aliphatic carboxylic acids is 1. The van der Waals surface area contributed by atoms with Crippen molar-refractivity contribution in [2.45, 2.75) is 39.2 Å². The van der Waals surface area contributed by atoms with Crippen LogP contribution in [0.25, 0.3) is 33.7 Å². The Balaban J connectivity index is 1.65. The summed E-state index contributed by atoms with van der Waals surface area (Å²) in [6.07, 6.45) is 4.90. The van der Waals surface area contributed by atoms with E-state index >= 15 is 0 Å². The van der Waals surface area contributed by atoms with Crippen LogP contribution in [0.1, 0.15) is 32.3 Å². The summed E-state index contributed by atoms with van der Waals surface area (Å²) < 4.78 is 13.1. The maximum Gasteiger partial charge on any atom is 0.303 e. The Morgan fingerprint density at radius 3 is 2.84 bits per heavy atom. The molecule has 0 unspecified atom stereocenters. The lowest BCUT2D eigenvalue weighted by Gasteiger charge is -2.09. The maximum atomic E-state index is 10.9. The predicted octanol–water partition coefficient (Wildman–Crippen LogP) is 5.14. The summed E-state index contributed by atoms with van der Waals surface area (Å²) in [6.45, 7) is 3.80. The summed E-state index contributed by atoms with van der Waals surface area (Å²) in [6, 6.07) is 7.62. The highest BCUT2D eigenvalue weighted by Gasteiger charge is 2.18. The number of aromatic nitrogens is 4. The summed E-state index contributed by atoms with van der Waals surface area (Å²) >= 11 is 6.29. The van der Waals surface area contributed by atoms with Crippen molar-refractivity contribution in [3.8, 4) is 28.7 Å². The van der Waals surface area contributed by atoms with Gasteiger partial charge in [-0.3, -0.25) is 4.79 Å². The number of carboxylic acid groups (broad SMARTS) is 1. The van der Waals surface area contributed by atoms with Gasteiger partial charge in [0.2, 0.25) is 11.7 Å². The molecule has 1 N–H and O–H groups in total. The van der Waals surface area contributed by atoms with E-state index in [0.717, 1.165) is 22.0 Å². The average molecular weight is 455 g/mol. The predicted molar refractivity (Wildman–Crippen MR) is 121 cm³/mol. The third kappa shape index (κ3) is 4.45. The molecular formula is C23H23ClN4O4.